The van der Waals surface area contributed by atoms with E-state index < -0.39 is 0 Å². The molecule has 0 spiro atoms. The van der Waals surface area contributed by atoms with Crippen LogP contribution in [-0.2, 0) is 4.74 Å². The lowest BCUT2D eigenvalue weighted by Crippen LogP contribution is -2.49. The van der Waals surface area contributed by atoms with Crippen molar-refractivity contribution in [2.24, 2.45) is 23.0 Å². The van der Waals surface area contributed by atoms with Gasteiger partial charge in [-0.15, -0.1) is 0 Å². The summed E-state index contributed by atoms with van der Waals surface area (Å²) in [6.45, 7) is 8.72. The summed E-state index contributed by atoms with van der Waals surface area (Å²) in [6, 6.07) is 0.700. The van der Waals surface area contributed by atoms with Gasteiger partial charge in [0.25, 0.3) is 0 Å². The van der Waals surface area contributed by atoms with E-state index in [1.54, 1.807) is 7.11 Å². The standard InChI is InChI=1S/C17H34N2O/c1-14-5-4-8-17(11-14,12-18)13-19(9-10-20-3)15(2)16-6-7-16/h14-16H,4-13,18H2,1-3H3. The van der Waals surface area contributed by atoms with E-state index in [9.17, 15) is 0 Å². The predicted molar refractivity (Wildman–Crippen MR) is 84.8 cm³/mol. The van der Waals surface area contributed by atoms with Gasteiger partial charge in [-0.3, -0.25) is 4.90 Å². The Kier molecular flexibility index (Phi) is 5.88. The molecule has 3 atom stereocenters. The van der Waals surface area contributed by atoms with Crippen molar-refractivity contribution in [2.45, 2.75) is 58.4 Å². The molecule has 2 aliphatic rings. The Bertz CT molecular complexity index is 293. The molecule has 0 amide bonds. The van der Waals surface area contributed by atoms with Crippen molar-refractivity contribution in [3.05, 3.63) is 0 Å². The van der Waals surface area contributed by atoms with Gasteiger partial charge in [0.2, 0.25) is 0 Å². The Labute approximate surface area is 125 Å². The predicted octanol–water partition coefficient (Wildman–Crippen LogP) is 2.89. The van der Waals surface area contributed by atoms with Gasteiger partial charge in [-0.05, 0) is 56.4 Å². The fourth-order valence-electron chi connectivity index (χ4n) is 4.11. The summed E-state index contributed by atoms with van der Waals surface area (Å²) >= 11 is 0. The van der Waals surface area contributed by atoms with Crippen LogP contribution in [0.15, 0.2) is 0 Å². The molecule has 3 heteroatoms. The second-order valence-electron chi connectivity index (χ2n) is 7.45. The number of methoxy groups -OCH3 is 1. The smallest absolute Gasteiger partial charge is 0.0589 e. The molecule has 3 unspecified atom stereocenters. The zero-order chi connectivity index (χ0) is 14.6. The Morgan fingerprint density at radius 3 is 2.65 bits per heavy atom. The lowest BCUT2D eigenvalue weighted by Gasteiger charge is -2.44. The minimum absolute atomic E-state index is 0.356. The van der Waals surface area contributed by atoms with E-state index in [0.29, 0.717) is 11.5 Å². The van der Waals surface area contributed by atoms with Gasteiger partial charge in [0, 0.05) is 26.2 Å². The minimum Gasteiger partial charge on any atom is -0.383 e. The topological polar surface area (TPSA) is 38.5 Å². The van der Waals surface area contributed by atoms with Crippen LogP contribution in [0.2, 0.25) is 0 Å². The number of rotatable bonds is 8. The molecule has 0 saturated heterocycles. The first kappa shape index (κ1) is 16.3. The molecule has 2 fully saturated rings. The monoisotopic (exact) mass is 282 g/mol. The molecule has 2 saturated carbocycles. The maximum atomic E-state index is 6.21. The quantitative estimate of drug-likeness (QED) is 0.744. The van der Waals surface area contributed by atoms with Crippen LogP contribution in [0.3, 0.4) is 0 Å². The van der Waals surface area contributed by atoms with Gasteiger partial charge < -0.3 is 10.5 Å². The van der Waals surface area contributed by atoms with Gasteiger partial charge in [0.15, 0.2) is 0 Å². The Morgan fingerprint density at radius 1 is 1.35 bits per heavy atom. The molecular formula is C17H34N2O. The Hall–Kier alpha value is -0.120. The summed E-state index contributed by atoms with van der Waals surface area (Å²) in [5, 5.41) is 0. The average Bonchev–Trinajstić information content (AvgIpc) is 3.27. The molecule has 0 radical (unpaired) electrons. The Balaban J connectivity index is 1.99. The highest BCUT2D eigenvalue weighted by Crippen LogP contribution is 2.41. The van der Waals surface area contributed by atoms with E-state index in [0.717, 1.165) is 31.5 Å². The molecule has 0 aromatic carbocycles. The molecule has 2 rings (SSSR count). The van der Waals surface area contributed by atoms with E-state index in [-0.39, 0.29) is 0 Å². The van der Waals surface area contributed by atoms with Crippen LogP contribution in [0, 0.1) is 17.3 Å². The van der Waals surface area contributed by atoms with Gasteiger partial charge in [-0.2, -0.15) is 0 Å². The molecule has 2 N–H and O–H groups in total. The Morgan fingerprint density at radius 2 is 2.10 bits per heavy atom. The lowest BCUT2D eigenvalue weighted by atomic mass is 9.69. The van der Waals surface area contributed by atoms with Crippen molar-refractivity contribution in [3.8, 4) is 0 Å². The van der Waals surface area contributed by atoms with E-state index in [4.69, 9.17) is 10.5 Å². The number of nitrogens with zero attached hydrogens (tertiary/aromatic N) is 1. The van der Waals surface area contributed by atoms with E-state index in [1.165, 1.54) is 45.1 Å². The highest BCUT2D eigenvalue weighted by atomic mass is 16.5. The van der Waals surface area contributed by atoms with E-state index in [1.807, 2.05) is 0 Å². The van der Waals surface area contributed by atoms with Gasteiger partial charge in [0.1, 0.15) is 0 Å². The first-order valence-corrected chi connectivity index (χ1v) is 8.53. The minimum atomic E-state index is 0.356. The molecule has 2 aliphatic carbocycles. The first-order chi connectivity index (χ1) is 9.60. The van der Waals surface area contributed by atoms with Gasteiger partial charge >= 0.3 is 0 Å². The summed E-state index contributed by atoms with van der Waals surface area (Å²) in [5.41, 5.74) is 6.57. The molecular weight excluding hydrogens is 248 g/mol. The largest absolute Gasteiger partial charge is 0.383 e. The van der Waals surface area contributed by atoms with Crippen molar-refractivity contribution in [1.82, 2.24) is 4.90 Å². The second-order valence-corrected chi connectivity index (χ2v) is 7.45. The molecule has 0 heterocycles. The van der Waals surface area contributed by atoms with Crippen molar-refractivity contribution in [1.29, 1.82) is 0 Å². The van der Waals surface area contributed by atoms with Crippen LogP contribution in [-0.4, -0.2) is 44.3 Å². The summed E-state index contributed by atoms with van der Waals surface area (Å²) in [6.07, 6.45) is 8.19. The van der Waals surface area contributed by atoms with Crippen LogP contribution >= 0.6 is 0 Å². The summed E-state index contributed by atoms with van der Waals surface area (Å²) < 4.78 is 5.33. The van der Waals surface area contributed by atoms with E-state index >= 15 is 0 Å². The molecule has 118 valence electrons. The third-order valence-electron chi connectivity index (χ3n) is 5.62. The summed E-state index contributed by atoms with van der Waals surface area (Å²) in [5.74, 6) is 1.76. The van der Waals surface area contributed by atoms with E-state index in [2.05, 4.69) is 18.7 Å². The van der Waals surface area contributed by atoms with Crippen molar-refractivity contribution in [2.75, 3.05) is 33.4 Å². The molecule has 0 aromatic heterocycles. The van der Waals surface area contributed by atoms with Crippen molar-refractivity contribution < 1.29 is 4.74 Å². The fourth-order valence-corrected chi connectivity index (χ4v) is 4.11. The highest BCUT2D eigenvalue weighted by molar-refractivity contribution is 4.93. The van der Waals surface area contributed by atoms with Crippen molar-refractivity contribution >= 4 is 0 Å². The van der Waals surface area contributed by atoms with Gasteiger partial charge in [0.05, 0.1) is 6.61 Å². The van der Waals surface area contributed by atoms with Gasteiger partial charge in [-0.1, -0.05) is 19.8 Å². The molecule has 20 heavy (non-hydrogen) atoms. The second kappa shape index (κ2) is 7.24. The first-order valence-electron chi connectivity index (χ1n) is 8.53. The summed E-state index contributed by atoms with van der Waals surface area (Å²) in [7, 11) is 1.81. The molecule has 3 nitrogen and oxygen atoms in total. The van der Waals surface area contributed by atoms with Crippen LogP contribution in [0.1, 0.15) is 52.4 Å². The van der Waals surface area contributed by atoms with Crippen LogP contribution in [0.25, 0.3) is 0 Å². The summed E-state index contributed by atoms with van der Waals surface area (Å²) in [4.78, 5) is 2.67. The van der Waals surface area contributed by atoms with Crippen LogP contribution in [0.4, 0.5) is 0 Å². The van der Waals surface area contributed by atoms with Crippen LogP contribution in [0.5, 0.6) is 0 Å². The average molecular weight is 282 g/mol. The third-order valence-corrected chi connectivity index (χ3v) is 5.62. The maximum absolute atomic E-state index is 6.21. The number of ether oxygens (including phenoxy) is 1. The van der Waals surface area contributed by atoms with Gasteiger partial charge in [-0.25, -0.2) is 0 Å². The molecule has 0 bridgehead atoms. The fraction of sp³-hybridized carbons (Fsp3) is 1.00. The highest BCUT2D eigenvalue weighted by Gasteiger charge is 2.39. The maximum Gasteiger partial charge on any atom is 0.0589 e. The zero-order valence-electron chi connectivity index (χ0n) is 13.7. The third kappa shape index (κ3) is 4.19. The normalized spacial score (nSPS) is 32.5. The SMILES string of the molecule is COCCN(CC1(CN)CCCC(C)C1)C(C)C1CC1. The zero-order valence-corrected chi connectivity index (χ0v) is 13.7. The molecule has 0 aliphatic heterocycles. The van der Waals surface area contributed by atoms with Crippen molar-refractivity contribution in [3.63, 3.8) is 0 Å². The van der Waals surface area contributed by atoms with Crippen LogP contribution < -0.4 is 5.73 Å². The number of hydrogen-bond acceptors (Lipinski definition) is 3. The number of hydrogen-bond donors (Lipinski definition) is 1. The lowest BCUT2D eigenvalue weighted by molar-refractivity contribution is 0.0443. The molecule has 0 aromatic rings. The number of nitrogens with two attached hydrogens (primary N) is 1.